The molecule has 0 amide bonds. The van der Waals surface area contributed by atoms with Crippen molar-refractivity contribution in [3.05, 3.63) is 105 Å². The first-order chi connectivity index (χ1) is 13.9. The van der Waals surface area contributed by atoms with Crippen molar-refractivity contribution in [1.82, 2.24) is 5.32 Å². The number of nitrogens with zero attached hydrogens (tertiary/aromatic N) is 1. The molecule has 0 spiro atoms. The zero-order valence-corrected chi connectivity index (χ0v) is 16.7. The minimum Gasteiger partial charge on any atom is -0.300 e. The standard InChI is InChI=1S/C22H20F2N2O2S/c1-14(16-8-11-20(23)21(24)13-16)25-22(15-6-9-19(29-2)10-7-15)17-4-3-5-18(12-17)26(27)28/h3-14,22,25H,1-2H3. The van der Waals surface area contributed by atoms with Gasteiger partial charge in [0.1, 0.15) is 0 Å². The SMILES string of the molecule is CSc1ccc(C(NC(C)c2ccc(F)c(F)c2)c2cccc([N+](=O)[O-])c2)cc1. The van der Waals surface area contributed by atoms with Crippen LogP contribution in [0.1, 0.15) is 35.7 Å². The van der Waals surface area contributed by atoms with Crippen molar-refractivity contribution < 1.29 is 13.7 Å². The fourth-order valence-electron chi connectivity index (χ4n) is 3.13. The van der Waals surface area contributed by atoms with Gasteiger partial charge in [-0.3, -0.25) is 15.4 Å². The summed E-state index contributed by atoms with van der Waals surface area (Å²) in [5.41, 5.74) is 2.21. The summed E-state index contributed by atoms with van der Waals surface area (Å²) in [5.74, 6) is -1.81. The molecule has 0 aliphatic heterocycles. The van der Waals surface area contributed by atoms with Crippen LogP contribution in [-0.4, -0.2) is 11.2 Å². The summed E-state index contributed by atoms with van der Waals surface area (Å²) in [5, 5.41) is 14.6. The van der Waals surface area contributed by atoms with Crippen LogP contribution < -0.4 is 5.32 Å². The van der Waals surface area contributed by atoms with Gasteiger partial charge in [-0.05, 0) is 54.1 Å². The molecule has 29 heavy (non-hydrogen) atoms. The second-order valence-corrected chi connectivity index (χ2v) is 7.50. The van der Waals surface area contributed by atoms with Crippen LogP contribution in [0, 0.1) is 21.7 Å². The molecular weight excluding hydrogens is 394 g/mol. The van der Waals surface area contributed by atoms with E-state index in [2.05, 4.69) is 5.32 Å². The molecule has 0 aliphatic rings. The van der Waals surface area contributed by atoms with Gasteiger partial charge in [0.25, 0.3) is 5.69 Å². The average molecular weight is 414 g/mol. The lowest BCUT2D eigenvalue weighted by atomic mass is 9.96. The van der Waals surface area contributed by atoms with E-state index < -0.39 is 16.6 Å². The summed E-state index contributed by atoms with van der Waals surface area (Å²) in [7, 11) is 0. The monoisotopic (exact) mass is 414 g/mol. The Bertz CT molecular complexity index is 1010. The number of non-ortho nitro benzene ring substituents is 1. The summed E-state index contributed by atoms with van der Waals surface area (Å²) in [6.07, 6.45) is 1.98. The van der Waals surface area contributed by atoms with Crippen LogP contribution in [0.3, 0.4) is 0 Å². The van der Waals surface area contributed by atoms with Gasteiger partial charge in [0.2, 0.25) is 0 Å². The lowest BCUT2D eigenvalue weighted by Gasteiger charge is -2.25. The summed E-state index contributed by atoms with van der Waals surface area (Å²) >= 11 is 1.62. The van der Waals surface area contributed by atoms with Gasteiger partial charge in [-0.1, -0.05) is 30.3 Å². The first-order valence-corrected chi connectivity index (χ1v) is 10.2. The van der Waals surface area contributed by atoms with E-state index in [0.29, 0.717) is 11.1 Å². The van der Waals surface area contributed by atoms with Crippen LogP contribution >= 0.6 is 11.8 Å². The van der Waals surface area contributed by atoms with E-state index in [0.717, 1.165) is 22.6 Å². The third-order valence-corrected chi connectivity index (χ3v) is 5.47. The van der Waals surface area contributed by atoms with Gasteiger partial charge in [0.15, 0.2) is 11.6 Å². The first-order valence-electron chi connectivity index (χ1n) is 8.98. The van der Waals surface area contributed by atoms with Crippen LogP contribution in [0.25, 0.3) is 0 Å². The Balaban J connectivity index is 1.98. The van der Waals surface area contributed by atoms with Crippen LogP contribution in [-0.2, 0) is 0 Å². The minimum absolute atomic E-state index is 0.00415. The van der Waals surface area contributed by atoms with Crippen molar-refractivity contribution in [2.45, 2.75) is 23.9 Å². The van der Waals surface area contributed by atoms with Crippen LogP contribution in [0.2, 0.25) is 0 Å². The molecule has 0 fully saturated rings. The number of hydrogen-bond acceptors (Lipinski definition) is 4. The minimum atomic E-state index is -0.910. The van der Waals surface area contributed by atoms with Gasteiger partial charge in [-0.2, -0.15) is 0 Å². The number of thioether (sulfide) groups is 1. The van der Waals surface area contributed by atoms with Gasteiger partial charge in [-0.15, -0.1) is 11.8 Å². The van der Waals surface area contributed by atoms with E-state index in [-0.39, 0.29) is 17.8 Å². The predicted molar refractivity (Wildman–Crippen MR) is 111 cm³/mol. The molecule has 0 saturated carbocycles. The fraction of sp³-hybridized carbons (Fsp3) is 0.182. The average Bonchev–Trinajstić information content (AvgIpc) is 2.74. The van der Waals surface area contributed by atoms with Gasteiger partial charge in [-0.25, -0.2) is 8.78 Å². The normalized spacial score (nSPS) is 13.1. The number of nitro benzene ring substituents is 1. The zero-order chi connectivity index (χ0) is 21.0. The van der Waals surface area contributed by atoms with Gasteiger partial charge < -0.3 is 0 Å². The molecule has 7 heteroatoms. The lowest BCUT2D eigenvalue weighted by molar-refractivity contribution is -0.384. The second kappa shape index (κ2) is 9.15. The third-order valence-electron chi connectivity index (χ3n) is 4.72. The molecule has 0 aromatic heterocycles. The predicted octanol–water partition coefficient (Wildman–Crippen LogP) is 6.04. The third kappa shape index (κ3) is 4.99. The lowest BCUT2D eigenvalue weighted by Crippen LogP contribution is -2.26. The molecule has 3 aromatic carbocycles. The van der Waals surface area contributed by atoms with Gasteiger partial charge >= 0.3 is 0 Å². The Kier molecular flexibility index (Phi) is 6.61. The van der Waals surface area contributed by atoms with Crippen LogP contribution in [0.5, 0.6) is 0 Å². The second-order valence-electron chi connectivity index (χ2n) is 6.62. The topological polar surface area (TPSA) is 55.2 Å². The van der Waals surface area contributed by atoms with Crippen molar-refractivity contribution in [3.8, 4) is 0 Å². The van der Waals surface area contributed by atoms with Crippen molar-refractivity contribution in [2.24, 2.45) is 0 Å². The molecule has 0 bridgehead atoms. The van der Waals surface area contributed by atoms with Crippen molar-refractivity contribution >= 4 is 17.4 Å². The molecule has 0 aliphatic carbocycles. The van der Waals surface area contributed by atoms with Gasteiger partial charge in [0.05, 0.1) is 11.0 Å². The molecule has 3 aromatic rings. The highest BCUT2D eigenvalue weighted by molar-refractivity contribution is 7.98. The molecule has 1 N–H and O–H groups in total. The number of benzene rings is 3. The van der Waals surface area contributed by atoms with E-state index in [1.54, 1.807) is 17.8 Å². The number of hydrogen-bond donors (Lipinski definition) is 1. The highest BCUT2D eigenvalue weighted by Gasteiger charge is 2.20. The molecule has 0 heterocycles. The van der Waals surface area contributed by atoms with E-state index in [1.165, 1.54) is 18.2 Å². The Morgan fingerprint density at radius 3 is 2.24 bits per heavy atom. The fourth-order valence-corrected chi connectivity index (χ4v) is 3.54. The summed E-state index contributed by atoms with van der Waals surface area (Å²) in [6.45, 7) is 1.84. The van der Waals surface area contributed by atoms with Crippen molar-refractivity contribution in [2.75, 3.05) is 6.26 Å². The van der Waals surface area contributed by atoms with Crippen molar-refractivity contribution in [3.63, 3.8) is 0 Å². The van der Waals surface area contributed by atoms with Gasteiger partial charge in [0, 0.05) is 23.1 Å². The Morgan fingerprint density at radius 1 is 0.931 bits per heavy atom. The quantitative estimate of drug-likeness (QED) is 0.291. The molecule has 3 rings (SSSR count). The smallest absolute Gasteiger partial charge is 0.269 e. The highest BCUT2D eigenvalue weighted by Crippen LogP contribution is 2.30. The molecule has 2 unspecified atom stereocenters. The van der Waals surface area contributed by atoms with E-state index in [1.807, 2.05) is 43.5 Å². The molecular formula is C22H20F2N2O2S. The Morgan fingerprint density at radius 2 is 1.62 bits per heavy atom. The molecule has 150 valence electrons. The summed E-state index contributed by atoms with van der Waals surface area (Å²) in [6, 6.07) is 17.4. The Labute approximate surface area is 172 Å². The number of rotatable bonds is 7. The first kappa shape index (κ1) is 21.0. The number of nitro groups is 1. The largest absolute Gasteiger partial charge is 0.300 e. The number of nitrogens with one attached hydrogen (secondary N) is 1. The van der Waals surface area contributed by atoms with Crippen LogP contribution in [0.4, 0.5) is 14.5 Å². The molecule has 0 saturated heterocycles. The Hall–Kier alpha value is -2.77. The van der Waals surface area contributed by atoms with E-state index in [9.17, 15) is 18.9 Å². The maximum atomic E-state index is 13.7. The highest BCUT2D eigenvalue weighted by atomic mass is 32.2. The zero-order valence-electron chi connectivity index (χ0n) is 15.9. The maximum Gasteiger partial charge on any atom is 0.269 e. The van der Waals surface area contributed by atoms with Crippen molar-refractivity contribution in [1.29, 1.82) is 0 Å². The molecule has 2 atom stereocenters. The van der Waals surface area contributed by atoms with E-state index >= 15 is 0 Å². The van der Waals surface area contributed by atoms with Crippen LogP contribution in [0.15, 0.2) is 71.6 Å². The number of halogens is 2. The maximum absolute atomic E-state index is 13.7. The molecule has 4 nitrogen and oxygen atoms in total. The van der Waals surface area contributed by atoms with E-state index in [4.69, 9.17) is 0 Å². The summed E-state index contributed by atoms with van der Waals surface area (Å²) in [4.78, 5) is 11.9. The molecule has 0 radical (unpaired) electrons. The summed E-state index contributed by atoms with van der Waals surface area (Å²) < 4.78 is 27.0.